The second-order valence-electron chi connectivity index (χ2n) is 7.34. The van der Waals surface area contributed by atoms with Gasteiger partial charge in [-0.2, -0.15) is 0 Å². The first-order valence-electron chi connectivity index (χ1n) is 10.2. The molecule has 0 bridgehead atoms. The Morgan fingerprint density at radius 2 is 1.33 bits per heavy atom. The van der Waals surface area contributed by atoms with E-state index in [1.807, 2.05) is 0 Å². The lowest BCUT2D eigenvalue weighted by Crippen LogP contribution is -2.18. The molecule has 1 rings (SSSR count). The smallest absolute Gasteiger partial charge is 0.0423 e. The highest BCUT2D eigenvalue weighted by Crippen LogP contribution is 2.12. The fraction of sp³-hybridized carbons (Fsp3) is 0.652. The maximum absolute atomic E-state index is 2.48. The molecule has 0 fully saturated rings. The molecule has 1 aromatic rings. The van der Waals surface area contributed by atoms with Gasteiger partial charge in [-0.15, -0.1) is 0 Å². The zero-order valence-corrected chi connectivity index (χ0v) is 16.4. The Bertz CT molecular complexity index is 417. The second kappa shape index (κ2) is 14.1. The van der Waals surface area contributed by atoms with Crippen LogP contribution in [0.1, 0.15) is 90.5 Å². The van der Waals surface area contributed by atoms with Crippen molar-refractivity contribution in [3.63, 3.8) is 0 Å². The lowest BCUT2D eigenvalue weighted by Gasteiger charge is -2.21. The van der Waals surface area contributed by atoms with E-state index < -0.39 is 0 Å². The van der Waals surface area contributed by atoms with Gasteiger partial charge in [0.1, 0.15) is 0 Å². The van der Waals surface area contributed by atoms with Gasteiger partial charge in [-0.3, -0.25) is 0 Å². The molecule has 0 amide bonds. The van der Waals surface area contributed by atoms with E-state index in [1.54, 1.807) is 0 Å². The lowest BCUT2D eigenvalue weighted by molar-refractivity contribution is 0.352. The van der Waals surface area contributed by atoms with Gasteiger partial charge in [0.15, 0.2) is 0 Å². The van der Waals surface area contributed by atoms with Crippen molar-refractivity contribution >= 4 is 0 Å². The number of nitrogens with zero attached hydrogens (tertiary/aromatic N) is 1. The third kappa shape index (κ3) is 11.3. The van der Waals surface area contributed by atoms with Crippen molar-refractivity contribution in [1.29, 1.82) is 0 Å². The Morgan fingerprint density at radius 3 is 1.88 bits per heavy atom. The maximum atomic E-state index is 2.48. The van der Waals surface area contributed by atoms with E-state index in [4.69, 9.17) is 0 Å². The normalized spacial score (nSPS) is 10.6. The van der Waals surface area contributed by atoms with Gasteiger partial charge in [-0.1, -0.05) is 101 Å². The van der Waals surface area contributed by atoms with Gasteiger partial charge in [0.25, 0.3) is 0 Å². The van der Waals surface area contributed by atoms with E-state index in [2.05, 4.69) is 62.2 Å². The summed E-state index contributed by atoms with van der Waals surface area (Å²) in [4.78, 5) is 2.48. The van der Waals surface area contributed by atoms with Crippen LogP contribution in [0.4, 0.5) is 0 Å². The lowest BCUT2D eigenvalue weighted by atomic mass is 10.1. The minimum Gasteiger partial charge on any atom is -0.373 e. The van der Waals surface area contributed by atoms with E-state index in [-0.39, 0.29) is 0 Å². The Labute approximate surface area is 151 Å². The molecule has 0 radical (unpaired) electrons. The molecule has 0 spiro atoms. The van der Waals surface area contributed by atoms with Gasteiger partial charge >= 0.3 is 0 Å². The van der Waals surface area contributed by atoms with Crippen molar-refractivity contribution in [3.8, 4) is 0 Å². The summed E-state index contributed by atoms with van der Waals surface area (Å²) in [5.74, 6) is 0. The molecular weight excluding hydrogens is 290 g/mol. The highest BCUT2D eigenvalue weighted by molar-refractivity contribution is 5.15. The minimum atomic E-state index is 1.03. The zero-order valence-electron chi connectivity index (χ0n) is 16.4. The molecule has 0 N–H and O–H groups in total. The van der Waals surface area contributed by atoms with E-state index >= 15 is 0 Å². The van der Waals surface area contributed by atoms with Crippen molar-refractivity contribution in [1.82, 2.24) is 4.90 Å². The molecule has 0 unspecified atom stereocenters. The van der Waals surface area contributed by atoms with Crippen molar-refractivity contribution in [3.05, 3.63) is 47.7 Å². The van der Waals surface area contributed by atoms with Crippen LogP contribution in [0.15, 0.2) is 42.1 Å². The number of hydrogen-bond donors (Lipinski definition) is 0. The third-order valence-corrected chi connectivity index (χ3v) is 4.47. The summed E-state index contributed by atoms with van der Waals surface area (Å²) in [6, 6.07) is 10.8. The molecule has 0 heterocycles. The van der Waals surface area contributed by atoms with Gasteiger partial charge in [0.2, 0.25) is 0 Å². The molecule has 0 aromatic heterocycles. The summed E-state index contributed by atoms with van der Waals surface area (Å²) in [6.07, 6.45) is 16.4. The Hall–Kier alpha value is -1.24. The van der Waals surface area contributed by atoms with E-state index in [0.29, 0.717) is 0 Å². The molecular formula is C23H39N. The van der Waals surface area contributed by atoms with Crippen LogP contribution < -0.4 is 0 Å². The fourth-order valence-electron chi connectivity index (χ4n) is 3.17. The minimum absolute atomic E-state index is 1.03. The first kappa shape index (κ1) is 20.8. The van der Waals surface area contributed by atoms with Crippen molar-refractivity contribution < 1.29 is 0 Å². The molecule has 1 nitrogen and oxygen atoms in total. The summed E-state index contributed by atoms with van der Waals surface area (Å²) >= 11 is 0. The van der Waals surface area contributed by atoms with Gasteiger partial charge in [0, 0.05) is 13.1 Å². The molecule has 1 heteroatoms. The first-order chi connectivity index (χ1) is 11.7. The first-order valence-corrected chi connectivity index (χ1v) is 10.2. The van der Waals surface area contributed by atoms with Gasteiger partial charge < -0.3 is 4.90 Å². The predicted octanol–water partition coefficient (Wildman–Crippen LogP) is 7.33. The van der Waals surface area contributed by atoms with Crippen LogP contribution in [0, 0.1) is 0 Å². The predicted molar refractivity (Wildman–Crippen MR) is 108 cm³/mol. The topological polar surface area (TPSA) is 3.24 Å². The number of hydrogen-bond acceptors (Lipinski definition) is 1. The Morgan fingerprint density at radius 1 is 0.792 bits per heavy atom. The maximum Gasteiger partial charge on any atom is 0.0423 e. The highest BCUT2D eigenvalue weighted by atomic mass is 15.1. The molecule has 1 aromatic carbocycles. The monoisotopic (exact) mass is 329 g/mol. The molecule has 0 aliphatic rings. The van der Waals surface area contributed by atoms with E-state index in [1.165, 1.54) is 81.9 Å². The van der Waals surface area contributed by atoms with Crippen LogP contribution in [-0.4, -0.2) is 11.4 Å². The van der Waals surface area contributed by atoms with Crippen LogP contribution in [0.25, 0.3) is 0 Å². The fourth-order valence-corrected chi connectivity index (χ4v) is 3.17. The number of unbranched alkanes of at least 4 members (excludes halogenated alkanes) is 9. The van der Waals surface area contributed by atoms with Crippen LogP contribution in [0.5, 0.6) is 0 Å². The summed E-state index contributed by atoms with van der Waals surface area (Å²) in [5, 5.41) is 0. The average molecular weight is 330 g/mol. The van der Waals surface area contributed by atoms with Crippen molar-refractivity contribution in [2.24, 2.45) is 0 Å². The average Bonchev–Trinajstić information content (AvgIpc) is 2.57. The third-order valence-electron chi connectivity index (χ3n) is 4.47. The molecule has 0 aliphatic carbocycles. The molecule has 0 atom stereocenters. The molecule has 0 saturated carbocycles. The highest BCUT2D eigenvalue weighted by Gasteiger charge is 2.02. The number of allylic oxidation sites excluding steroid dienone is 1. The van der Waals surface area contributed by atoms with Gasteiger partial charge in [-0.05, 0) is 32.0 Å². The summed E-state index contributed by atoms with van der Waals surface area (Å²) < 4.78 is 0. The Kier molecular flexibility index (Phi) is 12.3. The van der Waals surface area contributed by atoms with Crippen LogP contribution >= 0.6 is 0 Å². The summed E-state index contributed by atoms with van der Waals surface area (Å²) in [7, 11) is 0. The van der Waals surface area contributed by atoms with E-state index in [9.17, 15) is 0 Å². The number of benzene rings is 1. The number of rotatable bonds is 14. The van der Waals surface area contributed by atoms with Gasteiger partial charge in [-0.25, -0.2) is 0 Å². The summed E-state index contributed by atoms with van der Waals surface area (Å²) in [5.41, 5.74) is 2.79. The molecule has 0 aliphatic heterocycles. The van der Waals surface area contributed by atoms with Crippen LogP contribution in [0.2, 0.25) is 0 Å². The molecule has 24 heavy (non-hydrogen) atoms. The van der Waals surface area contributed by atoms with Gasteiger partial charge in [0.05, 0.1) is 0 Å². The quantitative estimate of drug-likeness (QED) is 0.323. The van der Waals surface area contributed by atoms with Crippen LogP contribution in [-0.2, 0) is 6.54 Å². The zero-order chi connectivity index (χ0) is 17.5. The molecule has 0 saturated heterocycles. The van der Waals surface area contributed by atoms with Crippen molar-refractivity contribution in [2.75, 3.05) is 6.54 Å². The largest absolute Gasteiger partial charge is 0.373 e. The Balaban J connectivity index is 2.13. The second-order valence-corrected chi connectivity index (χ2v) is 7.34. The standard InChI is InChI=1S/C23H39N/c1-4-5-6-7-8-9-10-11-12-16-19-24(20-22(2)3)21-23-17-14-13-15-18-23/h13-15,17-18,20H,4-12,16,19,21H2,1-3H3. The van der Waals surface area contributed by atoms with Crippen LogP contribution in [0.3, 0.4) is 0 Å². The molecule has 136 valence electrons. The van der Waals surface area contributed by atoms with E-state index in [0.717, 1.165) is 6.54 Å². The SMILES string of the molecule is CCCCCCCCCCCCN(C=C(C)C)Cc1ccccc1. The summed E-state index contributed by atoms with van der Waals surface area (Å²) in [6.45, 7) is 8.88. The van der Waals surface area contributed by atoms with Crippen molar-refractivity contribution in [2.45, 2.75) is 91.5 Å².